The van der Waals surface area contributed by atoms with Crippen LogP contribution in [0.3, 0.4) is 0 Å². The van der Waals surface area contributed by atoms with E-state index in [1.165, 1.54) is 11.3 Å². The molecule has 0 atom stereocenters. The number of para-hydroxylation sites is 1. The Morgan fingerprint density at radius 1 is 1.00 bits per heavy atom. The Morgan fingerprint density at radius 2 is 1.71 bits per heavy atom. The third-order valence-corrected chi connectivity index (χ3v) is 3.34. The van der Waals surface area contributed by atoms with Crippen LogP contribution in [0.2, 0.25) is 0 Å². The van der Waals surface area contributed by atoms with Gasteiger partial charge in [0.05, 0.1) is 5.51 Å². The summed E-state index contributed by atoms with van der Waals surface area (Å²) in [6.07, 6.45) is 0. The summed E-state index contributed by atoms with van der Waals surface area (Å²) < 4.78 is 5.69. The van der Waals surface area contributed by atoms with Gasteiger partial charge in [-0.2, -0.15) is 0 Å². The number of aromatic nitrogens is 1. The highest BCUT2D eigenvalue weighted by atomic mass is 32.1. The third kappa shape index (κ3) is 3.46. The number of nitrogens with zero attached hydrogens (tertiary/aromatic N) is 1. The SMILES string of the molecule is O=C(Nc1ccc(Oc2ccccc2)cc1)c1cscn1. The molecule has 0 fully saturated rings. The van der Waals surface area contributed by atoms with Gasteiger partial charge in [-0.15, -0.1) is 11.3 Å². The molecule has 0 aliphatic heterocycles. The minimum atomic E-state index is -0.215. The first-order valence-electron chi connectivity index (χ1n) is 6.34. The summed E-state index contributed by atoms with van der Waals surface area (Å²) in [5.41, 5.74) is 2.75. The molecule has 0 saturated carbocycles. The van der Waals surface area contributed by atoms with Gasteiger partial charge in [-0.05, 0) is 36.4 Å². The van der Waals surface area contributed by atoms with Crippen LogP contribution in [0.1, 0.15) is 10.5 Å². The summed E-state index contributed by atoms with van der Waals surface area (Å²) in [5.74, 6) is 1.28. The maximum Gasteiger partial charge on any atom is 0.275 e. The monoisotopic (exact) mass is 296 g/mol. The predicted octanol–water partition coefficient (Wildman–Crippen LogP) is 4.19. The molecule has 0 bridgehead atoms. The Bertz CT molecular complexity index is 710. The van der Waals surface area contributed by atoms with Crippen LogP contribution in [-0.2, 0) is 0 Å². The molecule has 1 N–H and O–H groups in total. The van der Waals surface area contributed by atoms with Crippen molar-refractivity contribution >= 4 is 22.9 Å². The van der Waals surface area contributed by atoms with E-state index >= 15 is 0 Å². The first-order valence-corrected chi connectivity index (χ1v) is 7.28. The molecule has 0 saturated heterocycles. The molecule has 0 aliphatic carbocycles. The lowest BCUT2D eigenvalue weighted by Gasteiger charge is -2.07. The summed E-state index contributed by atoms with van der Waals surface area (Å²) in [7, 11) is 0. The van der Waals surface area contributed by atoms with Crippen LogP contribution >= 0.6 is 11.3 Å². The van der Waals surface area contributed by atoms with Crippen LogP contribution in [0.5, 0.6) is 11.5 Å². The number of rotatable bonds is 4. The standard InChI is InChI=1S/C16H12N2O2S/c19-16(15-10-21-11-17-15)18-12-6-8-14(9-7-12)20-13-4-2-1-3-5-13/h1-11H,(H,18,19). The Kier molecular flexibility index (Phi) is 3.93. The molecule has 1 amide bonds. The second-order valence-corrected chi connectivity index (χ2v) is 4.99. The molecule has 0 radical (unpaired) electrons. The summed E-state index contributed by atoms with van der Waals surface area (Å²) in [6, 6.07) is 16.7. The summed E-state index contributed by atoms with van der Waals surface area (Å²) in [4.78, 5) is 15.8. The molecule has 104 valence electrons. The number of anilines is 1. The molecule has 0 aliphatic rings. The summed E-state index contributed by atoms with van der Waals surface area (Å²) in [5, 5.41) is 4.50. The number of thiazole rings is 1. The topological polar surface area (TPSA) is 51.2 Å². The number of hydrogen-bond acceptors (Lipinski definition) is 4. The number of hydrogen-bond donors (Lipinski definition) is 1. The second-order valence-electron chi connectivity index (χ2n) is 4.27. The van der Waals surface area contributed by atoms with Crippen molar-refractivity contribution in [2.45, 2.75) is 0 Å². The molecular weight excluding hydrogens is 284 g/mol. The van der Waals surface area contributed by atoms with E-state index < -0.39 is 0 Å². The molecule has 0 unspecified atom stereocenters. The fraction of sp³-hybridized carbons (Fsp3) is 0. The van der Waals surface area contributed by atoms with Crippen LogP contribution in [0.15, 0.2) is 65.5 Å². The van der Waals surface area contributed by atoms with Crippen molar-refractivity contribution in [2.75, 3.05) is 5.32 Å². The fourth-order valence-electron chi connectivity index (χ4n) is 1.75. The first kappa shape index (κ1) is 13.3. The predicted molar refractivity (Wildman–Crippen MR) is 83.0 cm³/mol. The van der Waals surface area contributed by atoms with Crippen molar-refractivity contribution in [3.05, 3.63) is 71.2 Å². The lowest BCUT2D eigenvalue weighted by molar-refractivity contribution is 0.102. The van der Waals surface area contributed by atoms with Gasteiger partial charge in [0.25, 0.3) is 5.91 Å². The van der Waals surface area contributed by atoms with E-state index in [0.29, 0.717) is 17.1 Å². The van der Waals surface area contributed by atoms with Crippen molar-refractivity contribution < 1.29 is 9.53 Å². The van der Waals surface area contributed by atoms with Crippen LogP contribution in [0, 0.1) is 0 Å². The smallest absolute Gasteiger partial charge is 0.275 e. The zero-order valence-corrected chi connectivity index (χ0v) is 11.8. The average Bonchev–Trinajstić information content (AvgIpc) is 3.05. The Balaban J connectivity index is 1.65. The van der Waals surface area contributed by atoms with Crippen LogP contribution < -0.4 is 10.1 Å². The highest BCUT2D eigenvalue weighted by Gasteiger charge is 2.07. The van der Waals surface area contributed by atoms with E-state index in [-0.39, 0.29) is 5.91 Å². The lowest BCUT2D eigenvalue weighted by atomic mass is 10.3. The Hall–Kier alpha value is -2.66. The van der Waals surface area contributed by atoms with Crippen molar-refractivity contribution in [3.63, 3.8) is 0 Å². The fourth-order valence-corrected chi connectivity index (χ4v) is 2.28. The highest BCUT2D eigenvalue weighted by molar-refractivity contribution is 7.07. The molecule has 2 aromatic carbocycles. The van der Waals surface area contributed by atoms with E-state index in [2.05, 4.69) is 10.3 Å². The van der Waals surface area contributed by atoms with Gasteiger partial charge in [0.1, 0.15) is 17.2 Å². The van der Waals surface area contributed by atoms with Crippen LogP contribution in [0.25, 0.3) is 0 Å². The minimum absolute atomic E-state index is 0.215. The Labute approximate surface area is 126 Å². The van der Waals surface area contributed by atoms with Crippen molar-refractivity contribution in [1.29, 1.82) is 0 Å². The number of amides is 1. The van der Waals surface area contributed by atoms with Gasteiger partial charge in [0, 0.05) is 11.1 Å². The van der Waals surface area contributed by atoms with Gasteiger partial charge in [-0.1, -0.05) is 18.2 Å². The molecule has 3 rings (SSSR count). The van der Waals surface area contributed by atoms with Crippen molar-refractivity contribution in [3.8, 4) is 11.5 Å². The zero-order valence-electron chi connectivity index (χ0n) is 11.0. The van der Waals surface area contributed by atoms with Crippen LogP contribution in [-0.4, -0.2) is 10.9 Å². The van der Waals surface area contributed by atoms with E-state index in [1.807, 2.05) is 42.5 Å². The number of benzene rings is 2. The van der Waals surface area contributed by atoms with E-state index in [0.717, 1.165) is 5.75 Å². The van der Waals surface area contributed by atoms with Gasteiger partial charge >= 0.3 is 0 Å². The average molecular weight is 296 g/mol. The van der Waals surface area contributed by atoms with Crippen molar-refractivity contribution in [2.24, 2.45) is 0 Å². The van der Waals surface area contributed by atoms with Gasteiger partial charge < -0.3 is 10.1 Å². The van der Waals surface area contributed by atoms with Gasteiger partial charge in [-0.3, -0.25) is 4.79 Å². The molecule has 5 heteroatoms. The quantitative estimate of drug-likeness (QED) is 0.785. The van der Waals surface area contributed by atoms with Gasteiger partial charge in [-0.25, -0.2) is 4.98 Å². The number of carbonyl (C=O) groups excluding carboxylic acids is 1. The van der Waals surface area contributed by atoms with E-state index in [9.17, 15) is 4.79 Å². The molecule has 1 heterocycles. The van der Waals surface area contributed by atoms with Gasteiger partial charge in [0.15, 0.2) is 0 Å². The van der Waals surface area contributed by atoms with E-state index in [4.69, 9.17) is 4.74 Å². The molecule has 3 aromatic rings. The summed E-state index contributed by atoms with van der Waals surface area (Å²) in [6.45, 7) is 0. The van der Waals surface area contributed by atoms with Crippen LogP contribution in [0.4, 0.5) is 5.69 Å². The third-order valence-electron chi connectivity index (χ3n) is 2.76. The molecule has 1 aromatic heterocycles. The number of ether oxygens (including phenoxy) is 1. The normalized spacial score (nSPS) is 10.1. The molecule has 0 spiro atoms. The Morgan fingerprint density at radius 3 is 2.38 bits per heavy atom. The maximum atomic E-state index is 11.9. The van der Waals surface area contributed by atoms with Gasteiger partial charge in [0.2, 0.25) is 0 Å². The first-order chi connectivity index (χ1) is 10.3. The maximum absolute atomic E-state index is 11.9. The lowest BCUT2D eigenvalue weighted by Crippen LogP contribution is -2.11. The summed E-state index contributed by atoms with van der Waals surface area (Å²) >= 11 is 1.39. The largest absolute Gasteiger partial charge is 0.457 e. The minimum Gasteiger partial charge on any atom is -0.457 e. The molecule has 21 heavy (non-hydrogen) atoms. The second kappa shape index (κ2) is 6.19. The molecule has 4 nitrogen and oxygen atoms in total. The van der Waals surface area contributed by atoms with Crippen molar-refractivity contribution in [1.82, 2.24) is 4.98 Å². The zero-order chi connectivity index (χ0) is 14.5. The number of carbonyl (C=O) groups is 1. The highest BCUT2D eigenvalue weighted by Crippen LogP contribution is 2.22. The van der Waals surface area contributed by atoms with E-state index in [1.54, 1.807) is 23.0 Å². The number of nitrogens with one attached hydrogen (secondary N) is 1. The molecular formula is C16H12N2O2S.